The van der Waals surface area contributed by atoms with Crippen molar-refractivity contribution in [1.82, 2.24) is 5.32 Å². The molecule has 2 bridgehead atoms. The lowest BCUT2D eigenvalue weighted by Crippen LogP contribution is -2.41. The van der Waals surface area contributed by atoms with Crippen LogP contribution < -0.4 is 10.1 Å². The molecule has 0 saturated heterocycles. The molecule has 120 valence electrons. The van der Waals surface area contributed by atoms with E-state index in [1.807, 2.05) is 24.3 Å². The van der Waals surface area contributed by atoms with Crippen LogP contribution in [0.5, 0.6) is 5.75 Å². The highest BCUT2D eigenvalue weighted by Crippen LogP contribution is 2.58. The lowest BCUT2D eigenvalue weighted by Gasteiger charge is -2.32. The molecule has 2 N–H and O–H groups in total. The zero-order valence-electron chi connectivity index (χ0n) is 13.4. The first-order valence-electron chi connectivity index (χ1n) is 8.81. The number of methoxy groups -OCH3 is 1. The summed E-state index contributed by atoms with van der Waals surface area (Å²) in [6.07, 6.45) is 6.68. The van der Waals surface area contributed by atoms with Crippen molar-refractivity contribution in [2.75, 3.05) is 13.7 Å². The molecule has 3 aliphatic carbocycles. The van der Waals surface area contributed by atoms with Crippen molar-refractivity contribution in [3.05, 3.63) is 29.8 Å². The minimum absolute atomic E-state index is 0.450. The Balaban J connectivity index is 1.35. The summed E-state index contributed by atoms with van der Waals surface area (Å²) < 4.78 is 5.24. The highest BCUT2D eigenvalue weighted by atomic mass is 16.5. The fraction of sp³-hybridized carbons (Fsp3) is 0.684. The molecule has 0 radical (unpaired) electrons. The van der Waals surface area contributed by atoms with E-state index in [1.165, 1.54) is 32.1 Å². The summed E-state index contributed by atoms with van der Waals surface area (Å²) in [5, 5.41) is 14.1. The summed E-state index contributed by atoms with van der Waals surface area (Å²) in [5.41, 5.74) is 0.939. The maximum absolute atomic E-state index is 10.4. The standard InChI is InChI=1S/C19H27NO2/c1-22-14-5-2-4-12(8-14)19(21)11-20-18-10-13-9-17(18)16-7-3-6-15(13)16/h2,4-5,8,13,15-21H,3,6-7,9-11H2,1H3/t13-,15+,16+,17+,18-,19-/m1/s1. The first-order valence-corrected chi connectivity index (χ1v) is 8.81. The summed E-state index contributed by atoms with van der Waals surface area (Å²) in [5.74, 6) is 4.65. The van der Waals surface area contributed by atoms with Crippen LogP contribution in [0, 0.1) is 23.7 Å². The van der Waals surface area contributed by atoms with Crippen LogP contribution in [0.15, 0.2) is 24.3 Å². The number of rotatable bonds is 5. The fourth-order valence-corrected chi connectivity index (χ4v) is 5.53. The van der Waals surface area contributed by atoms with Gasteiger partial charge in [0.25, 0.3) is 0 Å². The monoisotopic (exact) mass is 301 g/mol. The Labute approximate surface area is 133 Å². The molecule has 0 aliphatic heterocycles. The summed E-state index contributed by atoms with van der Waals surface area (Å²) in [6.45, 7) is 0.651. The number of nitrogens with one attached hydrogen (secondary N) is 1. The van der Waals surface area contributed by atoms with Crippen LogP contribution in [-0.2, 0) is 0 Å². The molecule has 1 aromatic rings. The van der Waals surface area contributed by atoms with Crippen LogP contribution in [0.2, 0.25) is 0 Å². The van der Waals surface area contributed by atoms with Gasteiger partial charge in [-0.15, -0.1) is 0 Å². The highest BCUT2D eigenvalue weighted by Gasteiger charge is 2.53. The number of aliphatic hydroxyl groups excluding tert-OH is 1. The van der Waals surface area contributed by atoms with Crippen molar-refractivity contribution in [1.29, 1.82) is 0 Å². The first-order chi connectivity index (χ1) is 10.8. The minimum Gasteiger partial charge on any atom is -0.497 e. The van der Waals surface area contributed by atoms with Gasteiger partial charge in [0.15, 0.2) is 0 Å². The zero-order valence-corrected chi connectivity index (χ0v) is 13.4. The number of hydrogen-bond acceptors (Lipinski definition) is 3. The van der Waals surface area contributed by atoms with Gasteiger partial charge in [-0.2, -0.15) is 0 Å². The molecule has 0 unspecified atom stereocenters. The molecule has 6 atom stereocenters. The topological polar surface area (TPSA) is 41.5 Å². The molecule has 3 saturated carbocycles. The maximum atomic E-state index is 10.4. The van der Waals surface area contributed by atoms with Gasteiger partial charge in [-0.3, -0.25) is 0 Å². The second-order valence-electron chi connectivity index (χ2n) is 7.46. The first kappa shape index (κ1) is 14.5. The van der Waals surface area contributed by atoms with Crippen molar-refractivity contribution < 1.29 is 9.84 Å². The quantitative estimate of drug-likeness (QED) is 0.878. The van der Waals surface area contributed by atoms with Crippen molar-refractivity contribution in [3.63, 3.8) is 0 Å². The largest absolute Gasteiger partial charge is 0.497 e. The van der Waals surface area contributed by atoms with E-state index in [9.17, 15) is 5.11 Å². The second kappa shape index (κ2) is 5.86. The third kappa shape index (κ3) is 2.44. The Morgan fingerprint density at radius 1 is 1.23 bits per heavy atom. The SMILES string of the molecule is COc1cccc([C@H](O)CN[C@@H]2C[C@H]3C[C@H]2[C@H]2CCC[C@@H]32)c1. The molecule has 1 aromatic carbocycles. The molecule has 0 heterocycles. The van der Waals surface area contributed by atoms with E-state index < -0.39 is 6.10 Å². The van der Waals surface area contributed by atoms with E-state index in [2.05, 4.69) is 5.32 Å². The number of aliphatic hydroxyl groups is 1. The van der Waals surface area contributed by atoms with Crippen LogP contribution >= 0.6 is 0 Å². The molecule has 0 aromatic heterocycles. The fourth-order valence-electron chi connectivity index (χ4n) is 5.53. The van der Waals surface area contributed by atoms with Gasteiger partial charge in [0.2, 0.25) is 0 Å². The second-order valence-corrected chi connectivity index (χ2v) is 7.46. The molecule has 3 aliphatic rings. The average molecular weight is 301 g/mol. The van der Waals surface area contributed by atoms with Gasteiger partial charge in [-0.1, -0.05) is 18.6 Å². The van der Waals surface area contributed by atoms with Gasteiger partial charge >= 0.3 is 0 Å². The van der Waals surface area contributed by atoms with Crippen LogP contribution in [0.3, 0.4) is 0 Å². The predicted molar refractivity (Wildman–Crippen MR) is 86.8 cm³/mol. The number of benzene rings is 1. The van der Waals surface area contributed by atoms with Crippen LogP contribution in [-0.4, -0.2) is 24.8 Å². The molecule has 4 rings (SSSR count). The van der Waals surface area contributed by atoms with E-state index in [0.29, 0.717) is 12.6 Å². The normalized spacial score (nSPS) is 37.3. The molecular weight excluding hydrogens is 274 g/mol. The van der Waals surface area contributed by atoms with E-state index in [4.69, 9.17) is 4.74 Å². The predicted octanol–water partition coefficient (Wildman–Crippen LogP) is 3.14. The van der Waals surface area contributed by atoms with Gasteiger partial charge in [0.1, 0.15) is 5.75 Å². The Hall–Kier alpha value is -1.06. The molecule has 3 heteroatoms. The molecule has 3 nitrogen and oxygen atoms in total. The van der Waals surface area contributed by atoms with Crippen molar-refractivity contribution >= 4 is 0 Å². The number of fused-ring (bicyclic) bond motifs is 5. The van der Waals surface area contributed by atoms with Gasteiger partial charge in [0.05, 0.1) is 13.2 Å². The molecule has 0 spiro atoms. The Kier molecular flexibility index (Phi) is 3.87. The van der Waals surface area contributed by atoms with E-state index in [1.54, 1.807) is 7.11 Å². The van der Waals surface area contributed by atoms with E-state index >= 15 is 0 Å². The Morgan fingerprint density at radius 2 is 2.09 bits per heavy atom. The number of ether oxygens (including phenoxy) is 1. The van der Waals surface area contributed by atoms with Crippen molar-refractivity contribution in [2.24, 2.45) is 23.7 Å². The Bertz CT molecular complexity index is 532. The number of hydrogen-bond donors (Lipinski definition) is 2. The summed E-state index contributed by atoms with van der Waals surface area (Å²) >= 11 is 0. The average Bonchev–Trinajstić information content (AvgIpc) is 3.25. The van der Waals surface area contributed by atoms with Gasteiger partial charge in [-0.25, -0.2) is 0 Å². The van der Waals surface area contributed by atoms with Crippen molar-refractivity contribution in [2.45, 2.75) is 44.2 Å². The summed E-state index contributed by atoms with van der Waals surface area (Å²) in [4.78, 5) is 0. The minimum atomic E-state index is -0.450. The van der Waals surface area contributed by atoms with Crippen LogP contribution in [0.25, 0.3) is 0 Å². The van der Waals surface area contributed by atoms with E-state index in [-0.39, 0.29) is 0 Å². The summed E-state index contributed by atoms with van der Waals surface area (Å²) in [6, 6.07) is 8.39. The van der Waals surface area contributed by atoms with Gasteiger partial charge in [0, 0.05) is 12.6 Å². The molecule has 3 fully saturated rings. The molecule has 22 heavy (non-hydrogen) atoms. The molecule has 0 amide bonds. The Morgan fingerprint density at radius 3 is 2.95 bits per heavy atom. The van der Waals surface area contributed by atoms with Gasteiger partial charge < -0.3 is 15.2 Å². The smallest absolute Gasteiger partial charge is 0.119 e. The highest BCUT2D eigenvalue weighted by molar-refractivity contribution is 5.30. The zero-order chi connectivity index (χ0) is 15.1. The van der Waals surface area contributed by atoms with Crippen LogP contribution in [0.1, 0.15) is 43.8 Å². The summed E-state index contributed by atoms with van der Waals surface area (Å²) in [7, 11) is 1.66. The third-order valence-electron chi connectivity index (χ3n) is 6.48. The van der Waals surface area contributed by atoms with E-state index in [0.717, 1.165) is 35.0 Å². The lowest BCUT2D eigenvalue weighted by molar-refractivity contribution is 0.148. The molecular formula is C19H27NO2. The van der Waals surface area contributed by atoms with Gasteiger partial charge in [-0.05, 0) is 67.1 Å². The lowest BCUT2D eigenvalue weighted by atomic mass is 9.79. The van der Waals surface area contributed by atoms with Crippen molar-refractivity contribution in [3.8, 4) is 5.75 Å². The maximum Gasteiger partial charge on any atom is 0.119 e. The third-order valence-corrected chi connectivity index (χ3v) is 6.48. The van der Waals surface area contributed by atoms with Crippen LogP contribution in [0.4, 0.5) is 0 Å².